The number of aromatic nitrogens is 2. The van der Waals surface area contributed by atoms with E-state index in [1.54, 1.807) is 18.2 Å². The largest absolute Gasteiger partial charge is 0.461 e. The Hall–Kier alpha value is -3.24. The minimum Gasteiger partial charge on any atom is -0.461 e. The maximum absolute atomic E-state index is 13.7. The number of para-hydroxylation sites is 1. The molecule has 0 aliphatic rings. The van der Waals surface area contributed by atoms with Crippen molar-refractivity contribution in [1.82, 2.24) is 14.6 Å². The molecule has 214 valence electrons. The van der Waals surface area contributed by atoms with Crippen LogP contribution in [0, 0.1) is 12.3 Å². The molecule has 0 radical (unpaired) electrons. The van der Waals surface area contributed by atoms with Gasteiger partial charge in [-0.05, 0) is 37.8 Å². The average Bonchev–Trinajstić information content (AvgIpc) is 2.91. The predicted molar refractivity (Wildman–Crippen MR) is 141 cm³/mol. The Bertz CT molecular complexity index is 1290. The Balaban J connectivity index is 2.30. The first-order valence-corrected chi connectivity index (χ1v) is 13.7. The lowest BCUT2D eigenvalue weighted by Gasteiger charge is -2.34. The maximum atomic E-state index is 13.7. The van der Waals surface area contributed by atoms with Crippen molar-refractivity contribution in [3.8, 4) is 18.1 Å². The summed E-state index contributed by atoms with van der Waals surface area (Å²) in [6, 6.07) is 7.76. The van der Waals surface area contributed by atoms with E-state index in [9.17, 15) is 29.2 Å². The van der Waals surface area contributed by atoms with E-state index in [2.05, 4.69) is 5.09 Å². The van der Waals surface area contributed by atoms with Gasteiger partial charge in [0.25, 0.3) is 5.56 Å². The minimum absolute atomic E-state index is 0.142. The molecule has 0 amide bonds. The van der Waals surface area contributed by atoms with Crippen LogP contribution in [0.25, 0.3) is 0 Å². The number of nitrogens with zero attached hydrogens (tertiary/aromatic N) is 1. The number of nitrogens with one attached hydrogen (secondary N) is 2. The third-order valence-corrected chi connectivity index (χ3v) is 7.39. The van der Waals surface area contributed by atoms with Crippen molar-refractivity contribution in [2.24, 2.45) is 0 Å². The van der Waals surface area contributed by atoms with Crippen LogP contribution in [0.3, 0.4) is 0 Å². The van der Waals surface area contributed by atoms with Crippen LogP contribution in [0.15, 0.2) is 52.2 Å². The number of carbonyl (C=O) groups excluding carboxylic acids is 1. The fourth-order valence-electron chi connectivity index (χ4n) is 3.42. The van der Waals surface area contributed by atoms with Crippen molar-refractivity contribution < 1.29 is 38.1 Å². The van der Waals surface area contributed by atoms with E-state index in [4.69, 9.17) is 24.9 Å². The maximum Gasteiger partial charge on any atom is 0.459 e. The van der Waals surface area contributed by atoms with Gasteiger partial charge >= 0.3 is 19.4 Å². The first-order chi connectivity index (χ1) is 18.4. The Morgan fingerprint density at radius 2 is 1.87 bits per heavy atom. The van der Waals surface area contributed by atoms with Gasteiger partial charge in [0.2, 0.25) is 5.72 Å². The van der Waals surface area contributed by atoms with Gasteiger partial charge in [0.15, 0.2) is 0 Å². The van der Waals surface area contributed by atoms with Gasteiger partial charge in [-0.3, -0.25) is 23.7 Å². The van der Waals surface area contributed by atoms with Crippen molar-refractivity contribution in [1.29, 1.82) is 0 Å². The Kier molecular flexibility index (Phi) is 11.7. The summed E-state index contributed by atoms with van der Waals surface area (Å²) >= 11 is 0. The van der Waals surface area contributed by atoms with Crippen molar-refractivity contribution in [2.75, 3.05) is 13.7 Å². The first kappa shape index (κ1) is 32.0. The molecule has 0 spiro atoms. The molecule has 1 unspecified atom stereocenters. The van der Waals surface area contributed by atoms with Gasteiger partial charge in [0, 0.05) is 19.4 Å². The summed E-state index contributed by atoms with van der Waals surface area (Å²) < 4.78 is 36.0. The molecule has 13 nitrogen and oxygen atoms in total. The van der Waals surface area contributed by atoms with E-state index in [0.29, 0.717) is 17.4 Å². The van der Waals surface area contributed by atoms with Crippen LogP contribution in [-0.4, -0.2) is 63.8 Å². The summed E-state index contributed by atoms with van der Waals surface area (Å²) in [7, 11) is -3.21. The quantitative estimate of drug-likeness (QED) is 0.138. The fraction of sp³-hybridized carbons (Fsp3) is 0.480. The number of aromatic amines is 1. The molecule has 1 heterocycles. The molecule has 0 bridgehead atoms. The molecule has 1 aromatic carbocycles. The van der Waals surface area contributed by atoms with Gasteiger partial charge < -0.3 is 24.2 Å². The topological polar surface area (TPSA) is 178 Å². The highest BCUT2D eigenvalue weighted by molar-refractivity contribution is 7.52. The normalized spacial score (nSPS) is 16.8. The summed E-state index contributed by atoms with van der Waals surface area (Å²) in [5, 5.41) is 24.4. The van der Waals surface area contributed by atoms with Crippen LogP contribution in [-0.2, 0) is 29.1 Å². The molecule has 5 atom stereocenters. The van der Waals surface area contributed by atoms with E-state index >= 15 is 0 Å². The summed E-state index contributed by atoms with van der Waals surface area (Å²) in [6.07, 6.45) is 3.67. The predicted octanol–water partition coefficient (Wildman–Crippen LogP) is 1.10. The lowest BCUT2D eigenvalue weighted by Crippen LogP contribution is -2.56. The van der Waals surface area contributed by atoms with E-state index in [0.717, 1.165) is 19.4 Å². The Morgan fingerprint density at radius 1 is 1.23 bits per heavy atom. The lowest BCUT2D eigenvalue weighted by atomic mass is 10.0. The minimum atomic E-state index is -4.36. The zero-order valence-corrected chi connectivity index (χ0v) is 23.0. The van der Waals surface area contributed by atoms with Gasteiger partial charge in [-0.15, -0.1) is 6.42 Å². The SMILES string of the molecule is C#C[C@@](O)([C@H](O)[C@@H](COP(=O)(N[C@@H](C)C(=O)OC(CC)CC)Oc1ccccc1)OC)n1ccc(=O)[nH]c1=O. The molecule has 0 saturated carbocycles. The van der Waals surface area contributed by atoms with Crippen molar-refractivity contribution in [3.05, 3.63) is 63.4 Å². The summed E-state index contributed by atoms with van der Waals surface area (Å²) in [5.41, 5.74) is -4.55. The van der Waals surface area contributed by atoms with Crippen LogP contribution < -0.4 is 20.9 Å². The molecule has 1 aromatic heterocycles. The zero-order chi connectivity index (χ0) is 29.2. The van der Waals surface area contributed by atoms with Gasteiger partial charge in [-0.1, -0.05) is 32.0 Å². The number of ether oxygens (including phenoxy) is 2. The third kappa shape index (κ3) is 8.37. The number of aliphatic hydroxyl groups excluding tert-OH is 1. The highest BCUT2D eigenvalue weighted by atomic mass is 31.2. The third-order valence-electron chi connectivity index (χ3n) is 5.75. The van der Waals surface area contributed by atoms with Crippen molar-refractivity contribution in [2.45, 2.75) is 63.7 Å². The number of esters is 1. The van der Waals surface area contributed by atoms with E-state index in [1.165, 1.54) is 19.1 Å². The Labute approximate surface area is 225 Å². The number of methoxy groups -OCH3 is 1. The number of hydrogen-bond acceptors (Lipinski definition) is 10. The van der Waals surface area contributed by atoms with Crippen LogP contribution in [0.2, 0.25) is 0 Å². The van der Waals surface area contributed by atoms with Crippen LogP contribution in [0.5, 0.6) is 5.75 Å². The van der Waals surface area contributed by atoms with Crippen molar-refractivity contribution >= 4 is 13.7 Å². The number of H-pyrrole nitrogens is 1. The summed E-state index contributed by atoms with van der Waals surface area (Å²) in [4.78, 5) is 38.2. The lowest BCUT2D eigenvalue weighted by molar-refractivity contribution is -0.154. The van der Waals surface area contributed by atoms with Crippen molar-refractivity contribution in [3.63, 3.8) is 0 Å². The molecule has 4 N–H and O–H groups in total. The van der Waals surface area contributed by atoms with Crippen LogP contribution >= 0.6 is 7.75 Å². The molecule has 0 fully saturated rings. The van der Waals surface area contributed by atoms with E-state index in [1.807, 2.05) is 24.8 Å². The molecule has 2 rings (SSSR count). The van der Waals surface area contributed by atoms with Crippen LogP contribution in [0.1, 0.15) is 33.6 Å². The smallest absolute Gasteiger partial charge is 0.459 e. The second-order valence-electron chi connectivity index (χ2n) is 8.49. The standard InChI is InChI=1S/C25H34N3O10P/c1-6-18(7-2)37-23(31)17(4)27-39(34,38-19-12-10-9-11-13-19)36-16-20(35-5)22(30)25(33,8-3)28-15-14-21(29)26-24(28)32/h3,9-15,17-18,20,22,30,33H,6-7,16H2,1-2,4-5H3,(H,27,34)(H,26,29,32)/t17-,20+,22+,25+,39?/m0/s1. The number of rotatable bonds is 15. The number of carbonyl (C=O) groups is 1. The van der Waals surface area contributed by atoms with Gasteiger partial charge in [-0.25, -0.2) is 9.36 Å². The van der Waals surface area contributed by atoms with Gasteiger partial charge in [0.05, 0.1) is 6.61 Å². The van der Waals surface area contributed by atoms with E-state index < -0.39 is 55.5 Å². The van der Waals surface area contributed by atoms with E-state index in [-0.39, 0.29) is 11.9 Å². The van der Waals surface area contributed by atoms with Crippen LogP contribution in [0.4, 0.5) is 0 Å². The molecular weight excluding hydrogens is 533 g/mol. The highest BCUT2D eigenvalue weighted by Crippen LogP contribution is 2.45. The van der Waals surface area contributed by atoms with Gasteiger partial charge in [0.1, 0.15) is 30.1 Å². The molecule has 0 aliphatic carbocycles. The molecule has 2 aromatic rings. The second kappa shape index (κ2) is 14.2. The molecular formula is C25H34N3O10P. The number of aliphatic hydroxyl groups is 2. The summed E-state index contributed by atoms with van der Waals surface area (Å²) in [6.45, 7) is 4.45. The monoisotopic (exact) mass is 567 g/mol. The molecule has 0 saturated heterocycles. The fourth-order valence-corrected chi connectivity index (χ4v) is 4.93. The number of benzene rings is 1. The van der Waals surface area contributed by atoms with Gasteiger partial charge in [-0.2, -0.15) is 5.09 Å². The second-order valence-corrected chi connectivity index (χ2v) is 10.2. The number of terminal acetylenes is 1. The molecule has 0 aliphatic heterocycles. The summed E-state index contributed by atoms with van der Waals surface area (Å²) in [5.74, 6) is 1.37. The molecule has 14 heteroatoms. The average molecular weight is 568 g/mol. The zero-order valence-electron chi connectivity index (χ0n) is 22.1. The first-order valence-electron chi connectivity index (χ1n) is 12.1. The molecule has 39 heavy (non-hydrogen) atoms. The Morgan fingerprint density at radius 3 is 2.41 bits per heavy atom. The number of hydrogen-bond donors (Lipinski definition) is 4. The highest BCUT2D eigenvalue weighted by Gasteiger charge is 2.44.